The lowest BCUT2D eigenvalue weighted by atomic mass is 10.1. The van der Waals surface area contributed by atoms with E-state index in [-0.39, 0.29) is 0 Å². The quantitative estimate of drug-likeness (QED) is 0.713. The van der Waals surface area contributed by atoms with Gasteiger partial charge in [0.15, 0.2) is 0 Å². The first-order valence-electron chi connectivity index (χ1n) is 4.82. The van der Waals surface area contributed by atoms with Gasteiger partial charge in [-0.25, -0.2) is 0 Å². The summed E-state index contributed by atoms with van der Waals surface area (Å²) in [6, 6.07) is 4.58. The first kappa shape index (κ1) is 8.51. The van der Waals surface area contributed by atoms with Crippen LogP contribution in [0.5, 0.6) is 0 Å². The van der Waals surface area contributed by atoms with Gasteiger partial charge in [0.1, 0.15) is 0 Å². The number of nitrogens with one attached hydrogen (secondary N) is 2. The fourth-order valence-corrected chi connectivity index (χ4v) is 1.66. The Hall–Kier alpha value is -1.09. The molecular formula is C10H15N3. The molecule has 2 heterocycles. The molecule has 0 aliphatic carbocycles. The van der Waals surface area contributed by atoms with Crippen LogP contribution in [-0.4, -0.2) is 24.1 Å². The maximum Gasteiger partial charge on any atom is 0.0529 e. The zero-order valence-electron chi connectivity index (χ0n) is 7.66. The number of rotatable bonds is 2. The van der Waals surface area contributed by atoms with Gasteiger partial charge in [-0.05, 0) is 31.5 Å². The largest absolute Gasteiger partial charge is 0.380 e. The lowest BCUT2D eigenvalue weighted by Crippen LogP contribution is -2.38. The van der Waals surface area contributed by atoms with Crippen molar-refractivity contribution in [1.29, 1.82) is 0 Å². The molecule has 0 amide bonds. The van der Waals surface area contributed by atoms with E-state index in [1.807, 2.05) is 12.3 Å². The molecule has 0 bridgehead atoms. The van der Waals surface area contributed by atoms with Gasteiger partial charge in [-0.3, -0.25) is 4.98 Å². The van der Waals surface area contributed by atoms with Crippen LogP contribution in [0.1, 0.15) is 12.8 Å². The second-order valence-corrected chi connectivity index (χ2v) is 3.43. The Kier molecular flexibility index (Phi) is 2.77. The van der Waals surface area contributed by atoms with Crippen LogP contribution in [0.3, 0.4) is 0 Å². The third kappa shape index (κ3) is 2.42. The van der Waals surface area contributed by atoms with E-state index in [0.717, 1.165) is 18.8 Å². The van der Waals surface area contributed by atoms with Crippen molar-refractivity contribution in [2.75, 3.05) is 18.4 Å². The summed E-state index contributed by atoms with van der Waals surface area (Å²) in [7, 11) is 0. The third-order valence-electron chi connectivity index (χ3n) is 2.33. The summed E-state index contributed by atoms with van der Waals surface area (Å²) in [5, 5.41) is 6.83. The monoisotopic (exact) mass is 177 g/mol. The van der Waals surface area contributed by atoms with Crippen LogP contribution in [0.15, 0.2) is 24.5 Å². The van der Waals surface area contributed by atoms with Crippen molar-refractivity contribution in [3.05, 3.63) is 24.5 Å². The Morgan fingerprint density at radius 2 is 2.54 bits per heavy atom. The van der Waals surface area contributed by atoms with E-state index < -0.39 is 0 Å². The van der Waals surface area contributed by atoms with Crippen LogP contribution < -0.4 is 10.6 Å². The molecule has 1 aliphatic rings. The zero-order chi connectivity index (χ0) is 8.93. The maximum absolute atomic E-state index is 4.07. The number of pyridine rings is 1. The molecule has 70 valence electrons. The molecule has 0 unspecified atom stereocenters. The van der Waals surface area contributed by atoms with E-state index in [0.29, 0.717) is 6.04 Å². The summed E-state index contributed by atoms with van der Waals surface area (Å²) in [4.78, 5) is 4.07. The summed E-state index contributed by atoms with van der Waals surface area (Å²) in [5.41, 5.74) is 1.12. The van der Waals surface area contributed by atoms with Crippen LogP contribution >= 0.6 is 0 Å². The highest BCUT2D eigenvalue weighted by Crippen LogP contribution is 2.10. The fraction of sp³-hybridized carbons (Fsp3) is 0.500. The van der Waals surface area contributed by atoms with Crippen molar-refractivity contribution in [1.82, 2.24) is 10.3 Å². The molecule has 0 radical (unpaired) electrons. The summed E-state index contributed by atoms with van der Waals surface area (Å²) >= 11 is 0. The minimum absolute atomic E-state index is 0.568. The molecule has 0 aromatic carbocycles. The maximum atomic E-state index is 4.07. The van der Waals surface area contributed by atoms with E-state index in [1.165, 1.54) is 12.8 Å². The van der Waals surface area contributed by atoms with Crippen molar-refractivity contribution in [2.45, 2.75) is 18.9 Å². The summed E-state index contributed by atoms with van der Waals surface area (Å²) in [5.74, 6) is 0. The molecule has 1 saturated heterocycles. The van der Waals surface area contributed by atoms with Gasteiger partial charge in [0.05, 0.1) is 5.69 Å². The van der Waals surface area contributed by atoms with Crippen molar-refractivity contribution >= 4 is 5.69 Å². The Morgan fingerprint density at radius 3 is 3.23 bits per heavy atom. The number of aromatic nitrogens is 1. The average molecular weight is 177 g/mol. The number of hydrogen-bond donors (Lipinski definition) is 2. The van der Waals surface area contributed by atoms with Gasteiger partial charge in [-0.2, -0.15) is 0 Å². The average Bonchev–Trinajstić information content (AvgIpc) is 2.21. The highest BCUT2D eigenvalue weighted by Gasteiger charge is 2.11. The molecule has 1 fully saturated rings. The molecule has 2 N–H and O–H groups in total. The van der Waals surface area contributed by atoms with E-state index in [9.17, 15) is 0 Å². The van der Waals surface area contributed by atoms with Gasteiger partial charge >= 0.3 is 0 Å². The molecular weight excluding hydrogens is 162 g/mol. The van der Waals surface area contributed by atoms with Crippen molar-refractivity contribution in [3.8, 4) is 0 Å². The van der Waals surface area contributed by atoms with E-state index in [4.69, 9.17) is 0 Å². The Balaban J connectivity index is 1.90. The van der Waals surface area contributed by atoms with Gasteiger partial charge in [0.2, 0.25) is 0 Å². The zero-order valence-corrected chi connectivity index (χ0v) is 7.66. The first-order valence-corrected chi connectivity index (χ1v) is 4.82. The minimum atomic E-state index is 0.568. The van der Waals surface area contributed by atoms with E-state index >= 15 is 0 Å². The Morgan fingerprint density at radius 1 is 1.54 bits per heavy atom. The number of hydrogen-bond acceptors (Lipinski definition) is 3. The molecule has 2 rings (SSSR count). The highest BCUT2D eigenvalue weighted by molar-refractivity contribution is 5.40. The van der Waals surface area contributed by atoms with Crippen LogP contribution in [0, 0.1) is 0 Å². The van der Waals surface area contributed by atoms with E-state index in [2.05, 4.69) is 21.7 Å². The normalized spacial score (nSPS) is 22.6. The molecule has 1 atom stereocenters. The van der Waals surface area contributed by atoms with Crippen LogP contribution in [0.25, 0.3) is 0 Å². The summed E-state index contributed by atoms with van der Waals surface area (Å²) < 4.78 is 0. The number of piperidine rings is 1. The Labute approximate surface area is 78.6 Å². The summed E-state index contributed by atoms with van der Waals surface area (Å²) in [6.45, 7) is 2.22. The van der Waals surface area contributed by atoms with Crippen molar-refractivity contribution in [3.63, 3.8) is 0 Å². The van der Waals surface area contributed by atoms with Crippen molar-refractivity contribution < 1.29 is 0 Å². The van der Waals surface area contributed by atoms with Gasteiger partial charge in [0.25, 0.3) is 0 Å². The topological polar surface area (TPSA) is 37.0 Å². The second-order valence-electron chi connectivity index (χ2n) is 3.43. The van der Waals surface area contributed by atoms with Gasteiger partial charge in [-0.15, -0.1) is 0 Å². The van der Waals surface area contributed by atoms with E-state index in [1.54, 1.807) is 6.20 Å². The predicted molar refractivity (Wildman–Crippen MR) is 53.8 cm³/mol. The molecule has 3 nitrogen and oxygen atoms in total. The lowest BCUT2D eigenvalue weighted by molar-refractivity contribution is 0.480. The minimum Gasteiger partial charge on any atom is -0.380 e. The first-order chi connectivity index (χ1) is 6.45. The van der Waals surface area contributed by atoms with Gasteiger partial charge < -0.3 is 10.6 Å². The lowest BCUT2D eigenvalue weighted by Gasteiger charge is -2.24. The number of anilines is 1. The second kappa shape index (κ2) is 4.23. The molecule has 13 heavy (non-hydrogen) atoms. The predicted octanol–water partition coefficient (Wildman–Crippen LogP) is 1.25. The SMILES string of the molecule is c1cncc(N[C@H]2CCCNC2)c1. The molecule has 3 heteroatoms. The molecule has 1 aromatic heterocycles. The molecule has 0 spiro atoms. The van der Waals surface area contributed by atoms with Crippen molar-refractivity contribution in [2.24, 2.45) is 0 Å². The number of nitrogens with zero attached hydrogens (tertiary/aromatic N) is 1. The highest BCUT2D eigenvalue weighted by atomic mass is 15.0. The molecule has 1 aliphatic heterocycles. The molecule has 1 aromatic rings. The summed E-state index contributed by atoms with van der Waals surface area (Å²) in [6.07, 6.45) is 6.18. The smallest absolute Gasteiger partial charge is 0.0529 e. The van der Waals surface area contributed by atoms with Gasteiger partial charge in [0, 0.05) is 25.0 Å². The van der Waals surface area contributed by atoms with Crippen LogP contribution in [-0.2, 0) is 0 Å². The van der Waals surface area contributed by atoms with Gasteiger partial charge in [-0.1, -0.05) is 0 Å². The third-order valence-corrected chi connectivity index (χ3v) is 2.33. The molecule has 0 saturated carbocycles. The van der Waals surface area contributed by atoms with Crippen LogP contribution in [0.2, 0.25) is 0 Å². The Bertz CT molecular complexity index is 242. The standard InChI is InChI=1S/C10H15N3/c1-3-9(7-11-5-1)13-10-4-2-6-12-8-10/h1,3,5,7,10,12-13H,2,4,6,8H2/t10-/m0/s1. The van der Waals surface area contributed by atoms with Crippen LogP contribution in [0.4, 0.5) is 5.69 Å². The fourth-order valence-electron chi connectivity index (χ4n) is 1.66.